The van der Waals surface area contributed by atoms with Gasteiger partial charge in [-0.15, -0.1) is 22.7 Å². The Balaban J connectivity index is 1.64. The summed E-state index contributed by atoms with van der Waals surface area (Å²) in [7, 11) is 0. The van der Waals surface area contributed by atoms with Crippen LogP contribution in [0.1, 0.15) is 29.8 Å². The second-order valence-electron chi connectivity index (χ2n) is 4.88. The first-order valence-electron chi connectivity index (χ1n) is 6.95. The lowest BCUT2D eigenvalue weighted by Crippen LogP contribution is -2.22. The highest BCUT2D eigenvalue weighted by molar-refractivity contribution is 7.16. The van der Waals surface area contributed by atoms with Crippen molar-refractivity contribution in [3.05, 3.63) is 78.1 Å². The lowest BCUT2D eigenvalue weighted by Gasteiger charge is -2.04. The third kappa shape index (κ3) is 3.87. The van der Waals surface area contributed by atoms with E-state index in [1.165, 1.54) is 28.7 Å². The maximum Gasteiger partial charge on any atom is 0.251 e. The maximum absolute atomic E-state index is 12.3. The number of carbonyl (C=O) groups is 2. The van der Waals surface area contributed by atoms with E-state index in [2.05, 4.69) is 5.32 Å². The van der Waals surface area contributed by atoms with Crippen molar-refractivity contribution in [3.63, 3.8) is 0 Å². The summed E-state index contributed by atoms with van der Waals surface area (Å²) in [5.74, 6) is -0.231. The molecule has 1 amide bonds. The number of ketones is 1. The minimum absolute atomic E-state index is 0.0112. The molecule has 0 spiro atoms. The van der Waals surface area contributed by atoms with E-state index < -0.39 is 0 Å². The summed E-state index contributed by atoms with van der Waals surface area (Å²) < 4.78 is 0. The summed E-state index contributed by atoms with van der Waals surface area (Å²) in [6.45, 7) is 0.349. The molecule has 1 N–H and O–H groups in total. The second-order valence-corrected chi connectivity index (χ2v) is 7.81. The van der Waals surface area contributed by atoms with Crippen molar-refractivity contribution in [1.82, 2.24) is 5.32 Å². The van der Waals surface area contributed by atoms with Gasteiger partial charge in [0.2, 0.25) is 5.78 Å². The van der Waals surface area contributed by atoms with Crippen LogP contribution in [0.15, 0.2) is 47.8 Å². The zero-order valence-electron chi connectivity index (χ0n) is 12.2. The first-order valence-corrected chi connectivity index (χ1v) is 9.40. The highest BCUT2D eigenvalue weighted by Gasteiger charge is 2.13. The summed E-state index contributed by atoms with van der Waals surface area (Å²) in [5.41, 5.74) is 0.441. The second kappa shape index (κ2) is 7.49. The van der Waals surface area contributed by atoms with Crippen molar-refractivity contribution in [3.8, 4) is 0 Å². The molecule has 0 bridgehead atoms. The number of hydrogen-bond acceptors (Lipinski definition) is 4. The molecule has 7 heteroatoms. The van der Waals surface area contributed by atoms with Crippen LogP contribution in [0.3, 0.4) is 0 Å². The number of carbonyl (C=O) groups excluding carboxylic acids is 2. The van der Waals surface area contributed by atoms with Crippen LogP contribution in [-0.4, -0.2) is 11.7 Å². The monoisotopic (exact) mass is 395 g/mol. The minimum atomic E-state index is -0.242. The van der Waals surface area contributed by atoms with Gasteiger partial charge < -0.3 is 5.32 Å². The molecular formula is C17H11Cl2NO2S2. The molecule has 0 aliphatic heterocycles. The number of benzene rings is 1. The molecule has 3 rings (SSSR count). The van der Waals surface area contributed by atoms with Gasteiger partial charge in [0.05, 0.1) is 26.3 Å². The standard InChI is InChI=1S/C17H11Cl2NO2S2/c18-12-5-3-10(8-13(12)19)17(22)20-9-11-4-6-15(24-11)16(21)14-2-1-7-23-14/h1-8H,9H2,(H,20,22). The van der Waals surface area contributed by atoms with Gasteiger partial charge in [-0.05, 0) is 41.8 Å². The highest BCUT2D eigenvalue weighted by Crippen LogP contribution is 2.24. The Labute approximate surface area is 156 Å². The zero-order chi connectivity index (χ0) is 17.1. The molecule has 0 fully saturated rings. The fourth-order valence-corrected chi connectivity index (χ4v) is 3.97. The van der Waals surface area contributed by atoms with Crippen LogP contribution in [0.2, 0.25) is 10.0 Å². The predicted molar refractivity (Wildman–Crippen MR) is 99.7 cm³/mol. The zero-order valence-corrected chi connectivity index (χ0v) is 15.4. The van der Waals surface area contributed by atoms with Gasteiger partial charge in [-0.3, -0.25) is 9.59 Å². The first-order chi connectivity index (χ1) is 11.5. The van der Waals surface area contributed by atoms with Crippen molar-refractivity contribution in [2.45, 2.75) is 6.54 Å². The highest BCUT2D eigenvalue weighted by atomic mass is 35.5. The summed E-state index contributed by atoms with van der Waals surface area (Å²) in [4.78, 5) is 26.7. The molecule has 0 unspecified atom stereocenters. The molecule has 2 aromatic heterocycles. The molecule has 1 aromatic carbocycles. The van der Waals surface area contributed by atoms with E-state index >= 15 is 0 Å². The lowest BCUT2D eigenvalue weighted by atomic mass is 10.2. The SMILES string of the molecule is O=C(NCc1ccc(C(=O)c2cccs2)s1)c1ccc(Cl)c(Cl)c1. The molecule has 2 heterocycles. The van der Waals surface area contributed by atoms with Crippen LogP contribution in [0.4, 0.5) is 0 Å². The molecular weight excluding hydrogens is 385 g/mol. The van der Waals surface area contributed by atoms with E-state index in [1.54, 1.807) is 24.3 Å². The molecule has 122 valence electrons. The smallest absolute Gasteiger partial charge is 0.251 e. The van der Waals surface area contributed by atoms with Crippen molar-refractivity contribution in [2.24, 2.45) is 0 Å². The van der Waals surface area contributed by atoms with Crippen molar-refractivity contribution in [1.29, 1.82) is 0 Å². The van der Waals surface area contributed by atoms with E-state index in [4.69, 9.17) is 23.2 Å². The third-order valence-electron chi connectivity index (χ3n) is 3.24. The minimum Gasteiger partial charge on any atom is -0.347 e. The van der Waals surface area contributed by atoms with Crippen LogP contribution >= 0.6 is 45.9 Å². The van der Waals surface area contributed by atoms with E-state index in [1.807, 2.05) is 17.5 Å². The fourth-order valence-electron chi connectivity index (χ4n) is 2.03. The van der Waals surface area contributed by atoms with Crippen molar-refractivity contribution < 1.29 is 9.59 Å². The van der Waals surface area contributed by atoms with Crippen LogP contribution in [0.5, 0.6) is 0 Å². The number of nitrogens with one attached hydrogen (secondary N) is 1. The normalized spacial score (nSPS) is 10.6. The van der Waals surface area contributed by atoms with Gasteiger partial charge in [0.15, 0.2) is 0 Å². The number of amides is 1. The van der Waals surface area contributed by atoms with Gasteiger partial charge in [-0.25, -0.2) is 0 Å². The van der Waals surface area contributed by atoms with Gasteiger partial charge >= 0.3 is 0 Å². The number of halogens is 2. The van der Waals surface area contributed by atoms with Crippen LogP contribution < -0.4 is 5.32 Å². The molecule has 0 aliphatic carbocycles. The Bertz CT molecular complexity index is 888. The average Bonchev–Trinajstić information content (AvgIpc) is 3.26. The van der Waals surface area contributed by atoms with Crippen LogP contribution in [0, 0.1) is 0 Å². The van der Waals surface area contributed by atoms with Gasteiger partial charge in [0.1, 0.15) is 0 Å². The molecule has 3 nitrogen and oxygen atoms in total. The topological polar surface area (TPSA) is 46.2 Å². The molecule has 0 aliphatic rings. The Morgan fingerprint density at radius 1 is 1.00 bits per heavy atom. The summed E-state index contributed by atoms with van der Waals surface area (Å²) in [5, 5.41) is 5.43. The lowest BCUT2D eigenvalue weighted by molar-refractivity contribution is 0.0950. The van der Waals surface area contributed by atoms with Crippen molar-refractivity contribution >= 4 is 57.6 Å². The molecule has 0 saturated heterocycles. The Hall–Kier alpha value is -1.66. The van der Waals surface area contributed by atoms with E-state index in [0.29, 0.717) is 31.9 Å². The average molecular weight is 396 g/mol. The predicted octanol–water partition coefficient (Wildman–Crippen LogP) is 5.28. The largest absolute Gasteiger partial charge is 0.347 e. The van der Waals surface area contributed by atoms with E-state index in [0.717, 1.165) is 4.88 Å². The summed E-state index contributed by atoms with van der Waals surface area (Å²) in [6, 6.07) is 12.0. The van der Waals surface area contributed by atoms with Gasteiger partial charge in [0, 0.05) is 10.4 Å². The Morgan fingerprint density at radius 2 is 1.83 bits per heavy atom. The summed E-state index contributed by atoms with van der Waals surface area (Å²) in [6.07, 6.45) is 0. The third-order valence-corrected chi connectivity index (χ3v) is 5.93. The van der Waals surface area contributed by atoms with E-state index in [-0.39, 0.29) is 11.7 Å². The quantitative estimate of drug-likeness (QED) is 0.597. The van der Waals surface area contributed by atoms with Gasteiger partial charge in [0.25, 0.3) is 5.91 Å². The first kappa shape index (κ1) is 17.2. The maximum atomic E-state index is 12.3. The molecule has 0 radical (unpaired) electrons. The molecule has 24 heavy (non-hydrogen) atoms. The molecule has 0 atom stereocenters. The number of rotatable bonds is 5. The van der Waals surface area contributed by atoms with Crippen LogP contribution in [-0.2, 0) is 6.54 Å². The van der Waals surface area contributed by atoms with Gasteiger partial charge in [-0.2, -0.15) is 0 Å². The van der Waals surface area contributed by atoms with Crippen molar-refractivity contribution in [2.75, 3.05) is 0 Å². The Kier molecular flexibility index (Phi) is 5.36. The van der Waals surface area contributed by atoms with Crippen LogP contribution in [0.25, 0.3) is 0 Å². The number of hydrogen-bond donors (Lipinski definition) is 1. The fraction of sp³-hybridized carbons (Fsp3) is 0.0588. The number of thiophene rings is 2. The van der Waals surface area contributed by atoms with Gasteiger partial charge in [-0.1, -0.05) is 29.3 Å². The molecule has 0 saturated carbocycles. The molecule has 3 aromatic rings. The Morgan fingerprint density at radius 3 is 2.54 bits per heavy atom. The summed E-state index contributed by atoms with van der Waals surface area (Å²) >= 11 is 14.6. The van der Waals surface area contributed by atoms with E-state index in [9.17, 15) is 9.59 Å².